The van der Waals surface area contributed by atoms with Crippen LogP contribution in [0.5, 0.6) is 0 Å². The van der Waals surface area contributed by atoms with Crippen molar-refractivity contribution in [3.05, 3.63) is 375 Å². The average molecular weight is 1490 g/mol. The summed E-state index contributed by atoms with van der Waals surface area (Å²) in [5.74, 6) is 0. The summed E-state index contributed by atoms with van der Waals surface area (Å²) in [6.45, 7) is 0. The van der Waals surface area contributed by atoms with Gasteiger partial charge in [-0.25, -0.2) is 0 Å². The van der Waals surface area contributed by atoms with Gasteiger partial charge in [0.05, 0.1) is 0 Å². The predicted octanol–water partition coefficient (Wildman–Crippen LogP) is 33.5. The van der Waals surface area contributed by atoms with E-state index >= 15 is 0 Å². The smallest absolute Gasteiger partial charge is 0.0491 e. The molecule has 0 N–H and O–H groups in total. The summed E-state index contributed by atoms with van der Waals surface area (Å²) < 4.78 is 0. The molecule has 0 atom stereocenters. The predicted molar refractivity (Wildman–Crippen MR) is 503 cm³/mol. The van der Waals surface area contributed by atoms with Gasteiger partial charge in [-0.3, -0.25) is 0 Å². The minimum atomic E-state index is 0.751. The van der Waals surface area contributed by atoms with Gasteiger partial charge in [0.1, 0.15) is 0 Å². The van der Waals surface area contributed by atoms with Gasteiger partial charge in [0.2, 0.25) is 0 Å². The van der Waals surface area contributed by atoms with Crippen LogP contribution in [0.15, 0.2) is 370 Å². The van der Waals surface area contributed by atoms with Crippen LogP contribution in [0, 0.1) is 0 Å². The van der Waals surface area contributed by atoms with Crippen molar-refractivity contribution in [2.24, 2.45) is 0 Å². The van der Waals surface area contributed by atoms with E-state index in [0.717, 1.165) is 21.5 Å². The Hall–Kier alpha value is -14.8. The molecule has 1 heteroatoms. The first-order valence-electron chi connectivity index (χ1n) is 40.9. The summed E-state index contributed by atoms with van der Waals surface area (Å²) in [6, 6.07) is 139. The Kier molecular flexibility index (Phi) is 12.2. The highest BCUT2D eigenvalue weighted by atomic mass is 35.5. The van der Waals surface area contributed by atoms with E-state index in [2.05, 4.69) is 370 Å². The van der Waals surface area contributed by atoms with Crippen LogP contribution in [0.1, 0.15) is 0 Å². The van der Waals surface area contributed by atoms with Gasteiger partial charge in [-0.15, -0.1) is 0 Å². The Morgan fingerprint density at radius 1 is 0.120 bits per heavy atom. The van der Waals surface area contributed by atoms with Crippen LogP contribution in [-0.4, -0.2) is 0 Å². The normalized spacial score (nSPS) is 12.7. The van der Waals surface area contributed by atoms with Gasteiger partial charge in [-0.05, 0) is 313 Å². The maximum absolute atomic E-state index is 7.53. The zero-order chi connectivity index (χ0) is 75.9. The van der Waals surface area contributed by atoms with E-state index in [1.165, 1.54) is 278 Å². The van der Waals surface area contributed by atoms with Crippen LogP contribution in [0.25, 0.3) is 295 Å². The Morgan fingerprint density at radius 2 is 0.402 bits per heavy atom. The van der Waals surface area contributed by atoms with Crippen molar-refractivity contribution in [1.29, 1.82) is 0 Å². The highest BCUT2D eigenvalue weighted by Crippen LogP contribution is 2.63. The van der Waals surface area contributed by atoms with Crippen LogP contribution >= 0.6 is 11.6 Å². The molecular formula is C116H61Cl. The summed E-state index contributed by atoms with van der Waals surface area (Å²) in [4.78, 5) is 0. The molecule has 26 aromatic rings. The van der Waals surface area contributed by atoms with Crippen molar-refractivity contribution in [1.82, 2.24) is 0 Å². The van der Waals surface area contributed by atoms with Gasteiger partial charge in [-0.2, -0.15) is 0 Å². The third-order valence-corrected chi connectivity index (χ3v) is 27.9. The lowest BCUT2D eigenvalue weighted by Crippen LogP contribution is -1.95. The molecular weight excluding hydrogens is 1430 g/mol. The van der Waals surface area contributed by atoms with Gasteiger partial charge in [0.15, 0.2) is 0 Å². The van der Waals surface area contributed by atoms with Crippen LogP contribution in [-0.2, 0) is 0 Å². The molecule has 117 heavy (non-hydrogen) atoms. The topological polar surface area (TPSA) is 0 Å². The molecule has 0 unspecified atom stereocenters. The Balaban J connectivity index is 0.000000122. The molecule has 0 amide bonds. The molecule has 0 bridgehead atoms. The molecule has 0 fully saturated rings. The van der Waals surface area contributed by atoms with Gasteiger partial charge < -0.3 is 0 Å². The van der Waals surface area contributed by atoms with Crippen molar-refractivity contribution < 1.29 is 0 Å². The van der Waals surface area contributed by atoms with Gasteiger partial charge in [0, 0.05) is 10.6 Å². The highest BCUT2D eigenvalue weighted by Gasteiger charge is 2.36. The molecule has 0 saturated carbocycles. The zero-order valence-corrected chi connectivity index (χ0v) is 63.9. The monoisotopic (exact) mass is 1490 g/mol. The van der Waals surface area contributed by atoms with E-state index in [1.807, 2.05) is 0 Å². The third-order valence-electron chi connectivity index (χ3n) is 27.6. The van der Waals surface area contributed by atoms with E-state index in [1.54, 1.807) is 0 Å². The molecule has 26 aromatic carbocycles. The van der Waals surface area contributed by atoms with E-state index in [9.17, 15) is 0 Å². The Morgan fingerprint density at radius 3 is 0.838 bits per heavy atom. The number of fused-ring (bicyclic) bond motifs is 22. The molecule has 0 nitrogen and oxygen atoms in total. The summed E-state index contributed by atoms with van der Waals surface area (Å²) in [5, 5.41) is 43.1. The summed E-state index contributed by atoms with van der Waals surface area (Å²) >= 11 is 7.53. The summed E-state index contributed by atoms with van der Waals surface area (Å²) in [5.41, 5.74) is 28.1. The first-order valence-corrected chi connectivity index (χ1v) is 41.3. The van der Waals surface area contributed by atoms with Gasteiger partial charge >= 0.3 is 0 Å². The molecule has 0 saturated heterocycles. The van der Waals surface area contributed by atoms with E-state index in [-0.39, 0.29) is 0 Å². The van der Waals surface area contributed by atoms with Gasteiger partial charge in [-0.1, -0.05) is 357 Å². The fourth-order valence-corrected chi connectivity index (χ4v) is 23.3. The number of halogens is 1. The van der Waals surface area contributed by atoms with E-state index < -0.39 is 0 Å². The van der Waals surface area contributed by atoms with Crippen molar-refractivity contribution >= 4 is 184 Å². The van der Waals surface area contributed by atoms with Crippen LogP contribution in [0.3, 0.4) is 0 Å². The standard InChI is InChI=1S/C58H31Cl.C58H30/c59-50-31-49-48(30-47(50)36-21-11-17-32-12-7-8-18-35(32)36)51(33-13-3-1-4-14-33)57-45-28-26-43-41-24-22-39-37-19-9-10-20-38(37)40-23-25-42(54(41)53(39)40)44-27-29-46(56(45)55(43)44)58(57)52(49)34-15-5-2-6-16-34;1-3-11-32(12-4-1)51-48-29-46-36-19-9-15-31-16-10-20-37(50(31)36)47(46)30-49(48)52(33-13-5-2-6-14-33)58-45-28-26-43-41-24-22-39-35-18-8-7-17-34(35)38-21-23-40(54(41)53(38)39)42-25-27-44(57(51)58)56(45)55(42)43/h1-31H;1-30H. The number of rotatable bonds is 5. The highest BCUT2D eigenvalue weighted by molar-refractivity contribution is 6.49. The van der Waals surface area contributed by atoms with Crippen molar-refractivity contribution in [2.75, 3.05) is 0 Å². The first kappa shape index (κ1) is 62.7. The molecule has 0 aromatic heterocycles. The molecule has 0 aliphatic heterocycles. The second-order valence-electron chi connectivity index (χ2n) is 32.9. The summed E-state index contributed by atoms with van der Waals surface area (Å²) in [6.07, 6.45) is 0. The molecule has 3 aliphatic carbocycles. The van der Waals surface area contributed by atoms with E-state index in [4.69, 9.17) is 11.6 Å². The maximum atomic E-state index is 7.53. The lowest BCUT2D eigenvalue weighted by atomic mass is 9.81. The summed E-state index contributed by atoms with van der Waals surface area (Å²) in [7, 11) is 0. The first-order chi connectivity index (χ1) is 58.0. The van der Waals surface area contributed by atoms with Crippen LogP contribution < -0.4 is 0 Å². The largest absolute Gasteiger partial charge is 0.0836 e. The number of benzene rings is 24. The van der Waals surface area contributed by atoms with Crippen molar-refractivity contribution in [3.8, 4) is 122 Å². The zero-order valence-electron chi connectivity index (χ0n) is 63.1. The van der Waals surface area contributed by atoms with E-state index in [0.29, 0.717) is 0 Å². The Labute approximate surface area is 676 Å². The molecule has 0 radical (unpaired) electrons. The molecule has 0 spiro atoms. The van der Waals surface area contributed by atoms with Gasteiger partial charge in [0.25, 0.3) is 0 Å². The third kappa shape index (κ3) is 8.03. The second kappa shape index (κ2) is 22.8. The SMILES string of the molecule is Clc1cc2c(-c3ccccc3)c3c(c(-c4ccccc4)c2cc1-c1cccc2ccccc12)-c1ccc2c4ccc5c6c(ccc(c7ccc-3c1c72)c64)-c1ccccc1-5.c1ccc(-c2c3cc4c(cc3c(-c3ccccc3)c3c5ccc6c7ccc8c9c(ccc(c%10ccc(c23)c5c%106)c97)-c2ccccc2-8)c2cccc3cccc4c32)cc1. The van der Waals surface area contributed by atoms with Crippen LogP contribution in [0.2, 0.25) is 5.02 Å². The quantitative estimate of drug-likeness (QED) is 0.119. The molecule has 29 rings (SSSR count). The molecule has 0 heterocycles. The van der Waals surface area contributed by atoms with Crippen molar-refractivity contribution in [2.45, 2.75) is 0 Å². The average Bonchev–Trinajstić information content (AvgIpc) is 1.54. The number of hydrogen-bond donors (Lipinski definition) is 0. The minimum absolute atomic E-state index is 0.751. The van der Waals surface area contributed by atoms with Crippen LogP contribution in [0.4, 0.5) is 0 Å². The Bertz CT molecular complexity index is 8630. The number of hydrogen-bond acceptors (Lipinski definition) is 0. The fraction of sp³-hybridized carbons (Fsp3) is 0. The fourth-order valence-electron chi connectivity index (χ4n) is 23.1. The minimum Gasteiger partial charge on any atom is -0.0836 e. The lowest BCUT2D eigenvalue weighted by molar-refractivity contribution is 1.62. The maximum Gasteiger partial charge on any atom is 0.0491 e. The van der Waals surface area contributed by atoms with Crippen molar-refractivity contribution in [3.63, 3.8) is 0 Å². The second-order valence-corrected chi connectivity index (χ2v) is 33.3. The lowest BCUT2D eigenvalue weighted by Gasteiger charge is -2.22. The molecule has 532 valence electrons. The molecule has 3 aliphatic rings.